The van der Waals surface area contributed by atoms with E-state index in [1.54, 1.807) is 26.0 Å². The van der Waals surface area contributed by atoms with Crippen molar-refractivity contribution >= 4 is 17.7 Å². The molecule has 156 valence electrons. The van der Waals surface area contributed by atoms with Crippen molar-refractivity contribution in [2.24, 2.45) is 0 Å². The fourth-order valence-electron chi connectivity index (χ4n) is 2.84. The minimum atomic E-state index is -1.36. The molecule has 1 aromatic heterocycles. The van der Waals surface area contributed by atoms with E-state index in [9.17, 15) is 24.6 Å². The second kappa shape index (κ2) is 9.02. The van der Waals surface area contributed by atoms with Crippen LogP contribution in [0.3, 0.4) is 0 Å². The SMILES string of the molecule is CCOC(=O)c1c(C)[nH]c(C(=O)C(=O)NC(C)(CO)CO)c1-c1ccc(C)cc1. The van der Waals surface area contributed by atoms with Crippen LogP contribution in [0, 0.1) is 13.8 Å². The van der Waals surface area contributed by atoms with Gasteiger partial charge in [0, 0.05) is 11.3 Å². The summed E-state index contributed by atoms with van der Waals surface area (Å²) in [7, 11) is 0. The largest absolute Gasteiger partial charge is 0.462 e. The predicted molar refractivity (Wildman–Crippen MR) is 107 cm³/mol. The van der Waals surface area contributed by atoms with E-state index in [2.05, 4.69) is 10.3 Å². The maximum Gasteiger partial charge on any atom is 0.340 e. The van der Waals surface area contributed by atoms with E-state index in [-0.39, 0.29) is 23.4 Å². The lowest BCUT2D eigenvalue weighted by Crippen LogP contribution is -2.53. The number of esters is 1. The molecule has 8 heteroatoms. The first-order valence-electron chi connectivity index (χ1n) is 9.22. The van der Waals surface area contributed by atoms with Crippen molar-refractivity contribution in [2.75, 3.05) is 19.8 Å². The van der Waals surface area contributed by atoms with Gasteiger partial charge in [-0.3, -0.25) is 9.59 Å². The molecule has 29 heavy (non-hydrogen) atoms. The number of hydrogen-bond acceptors (Lipinski definition) is 6. The van der Waals surface area contributed by atoms with Crippen molar-refractivity contribution in [3.63, 3.8) is 0 Å². The van der Waals surface area contributed by atoms with Crippen LogP contribution in [0.15, 0.2) is 24.3 Å². The van der Waals surface area contributed by atoms with Crippen LogP contribution in [0.4, 0.5) is 0 Å². The van der Waals surface area contributed by atoms with E-state index >= 15 is 0 Å². The van der Waals surface area contributed by atoms with Crippen LogP contribution in [-0.2, 0) is 9.53 Å². The maximum atomic E-state index is 12.9. The molecule has 2 rings (SSSR count). The monoisotopic (exact) mass is 402 g/mol. The van der Waals surface area contributed by atoms with Gasteiger partial charge in [0.05, 0.1) is 30.9 Å². The number of aliphatic hydroxyl groups excluding tert-OH is 2. The lowest BCUT2D eigenvalue weighted by molar-refractivity contribution is -0.119. The molecule has 0 saturated carbocycles. The number of carbonyl (C=O) groups is 3. The summed E-state index contributed by atoms with van der Waals surface area (Å²) < 4.78 is 5.13. The zero-order valence-electron chi connectivity index (χ0n) is 17.0. The Hall–Kier alpha value is -2.97. The Morgan fingerprint density at radius 1 is 1.10 bits per heavy atom. The number of aryl methyl sites for hydroxylation is 2. The molecule has 4 N–H and O–H groups in total. The standard InChI is InChI=1S/C21H26N2O6/c1-5-29-20(28)15-13(3)22-17(16(15)14-8-6-12(2)7-9-14)18(26)19(27)23-21(4,10-24)11-25/h6-9,22,24-25H,5,10-11H2,1-4H3,(H,23,27). The normalized spacial score (nSPS) is 11.2. The van der Waals surface area contributed by atoms with Crippen molar-refractivity contribution in [2.45, 2.75) is 33.2 Å². The molecule has 0 spiro atoms. The van der Waals surface area contributed by atoms with Gasteiger partial charge in [-0.1, -0.05) is 29.8 Å². The Labute approximate surface area is 168 Å². The van der Waals surface area contributed by atoms with Crippen LogP contribution >= 0.6 is 0 Å². The minimum absolute atomic E-state index is 0.0647. The molecule has 8 nitrogen and oxygen atoms in total. The minimum Gasteiger partial charge on any atom is -0.462 e. The zero-order valence-corrected chi connectivity index (χ0v) is 17.0. The van der Waals surface area contributed by atoms with Gasteiger partial charge >= 0.3 is 5.97 Å². The molecule has 0 radical (unpaired) electrons. The number of Topliss-reactive ketones (excluding diaryl/α,β-unsaturated/α-hetero) is 1. The molecule has 0 fully saturated rings. The van der Waals surface area contributed by atoms with Crippen LogP contribution in [0.2, 0.25) is 0 Å². The van der Waals surface area contributed by atoms with E-state index in [0.29, 0.717) is 11.3 Å². The maximum absolute atomic E-state index is 12.9. The number of rotatable bonds is 8. The summed E-state index contributed by atoms with van der Waals surface area (Å²) in [4.78, 5) is 40.8. The van der Waals surface area contributed by atoms with Crippen molar-refractivity contribution in [3.8, 4) is 11.1 Å². The van der Waals surface area contributed by atoms with E-state index in [0.717, 1.165) is 5.56 Å². The van der Waals surface area contributed by atoms with E-state index in [4.69, 9.17) is 4.74 Å². The Balaban J connectivity index is 2.58. The number of aliphatic hydroxyl groups is 2. The van der Waals surface area contributed by atoms with Crippen LogP contribution in [0.25, 0.3) is 11.1 Å². The number of aromatic amines is 1. The summed E-state index contributed by atoms with van der Waals surface area (Å²) in [6.07, 6.45) is 0. The van der Waals surface area contributed by atoms with Gasteiger partial charge in [0.15, 0.2) is 0 Å². The molecule has 1 aromatic carbocycles. The molecule has 0 atom stereocenters. The van der Waals surface area contributed by atoms with E-state index < -0.39 is 36.4 Å². The van der Waals surface area contributed by atoms with Crippen molar-refractivity contribution in [3.05, 3.63) is 46.8 Å². The molecule has 0 bridgehead atoms. The number of H-pyrrole nitrogens is 1. The second-order valence-corrected chi connectivity index (χ2v) is 7.12. The molecule has 0 aliphatic rings. The molecule has 2 aromatic rings. The summed E-state index contributed by atoms with van der Waals surface area (Å²) in [6, 6.07) is 7.16. The fraction of sp³-hybridized carbons (Fsp3) is 0.381. The van der Waals surface area contributed by atoms with E-state index in [1.807, 2.05) is 19.1 Å². The first-order valence-corrected chi connectivity index (χ1v) is 9.22. The Morgan fingerprint density at radius 3 is 2.21 bits per heavy atom. The van der Waals surface area contributed by atoms with Crippen LogP contribution < -0.4 is 5.32 Å². The van der Waals surface area contributed by atoms with Crippen LogP contribution in [0.5, 0.6) is 0 Å². The smallest absolute Gasteiger partial charge is 0.340 e. The van der Waals surface area contributed by atoms with Crippen molar-refractivity contribution in [1.29, 1.82) is 0 Å². The predicted octanol–water partition coefficient (Wildman–Crippen LogP) is 1.52. The lowest BCUT2D eigenvalue weighted by Gasteiger charge is -2.25. The molecular formula is C21H26N2O6. The molecule has 0 saturated heterocycles. The first kappa shape index (κ1) is 22.3. The van der Waals surface area contributed by atoms with Gasteiger partial charge in [0.2, 0.25) is 0 Å². The van der Waals surface area contributed by atoms with E-state index in [1.165, 1.54) is 6.92 Å². The van der Waals surface area contributed by atoms with Crippen molar-refractivity contribution < 1.29 is 29.3 Å². The highest BCUT2D eigenvalue weighted by Gasteiger charge is 2.33. The number of ketones is 1. The summed E-state index contributed by atoms with van der Waals surface area (Å²) in [5, 5.41) is 21.1. The highest BCUT2D eigenvalue weighted by Crippen LogP contribution is 2.32. The molecular weight excluding hydrogens is 376 g/mol. The molecule has 0 unspecified atom stereocenters. The van der Waals surface area contributed by atoms with Gasteiger partial charge in [-0.05, 0) is 33.3 Å². The van der Waals surface area contributed by atoms with Gasteiger partial charge in [0.25, 0.3) is 11.7 Å². The highest BCUT2D eigenvalue weighted by atomic mass is 16.5. The number of benzene rings is 1. The number of nitrogens with one attached hydrogen (secondary N) is 2. The Bertz CT molecular complexity index is 910. The third kappa shape index (κ3) is 4.72. The molecule has 0 aliphatic heterocycles. The number of amides is 1. The van der Waals surface area contributed by atoms with Gasteiger partial charge in [-0.25, -0.2) is 4.79 Å². The lowest BCUT2D eigenvalue weighted by atomic mass is 9.97. The van der Waals surface area contributed by atoms with Crippen LogP contribution in [-0.4, -0.2) is 58.2 Å². The van der Waals surface area contributed by atoms with Crippen LogP contribution in [0.1, 0.15) is 46.0 Å². The molecule has 1 amide bonds. The van der Waals surface area contributed by atoms with Gasteiger partial charge in [-0.2, -0.15) is 0 Å². The highest BCUT2D eigenvalue weighted by molar-refractivity contribution is 6.44. The Morgan fingerprint density at radius 2 is 1.69 bits per heavy atom. The number of carbonyl (C=O) groups excluding carboxylic acids is 3. The summed E-state index contributed by atoms with van der Waals surface area (Å²) in [6.45, 7) is 5.66. The fourth-order valence-corrected chi connectivity index (χ4v) is 2.84. The van der Waals surface area contributed by atoms with Gasteiger partial charge in [-0.15, -0.1) is 0 Å². The second-order valence-electron chi connectivity index (χ2n) is 7.12. The van der Waals surface area contributed by atoms with Gasteiger partial charge in [0.1, 0.15) is 5.69 Å². The third-order valence-corrected chi connectivity index (χ3v) is 4.55. The summed E-state index contributed by atoms with van der Waals surface area (Å²) in [5.41, 5.74) is 0.988. The summed E-state index contributed by atoms with van der Waals surface area (Å²) in [5.74, 6) is -2.54. The molecule has 0 aliphatic carbocycles. The third-order valence-electron chi connectivity index (χ3n) is 4.55. The average molecular weight is 402 g/mol. The number of aromatic nitrogens is 1. The topological polar surface area (TPSA) is 129 Å². The Kier molecular flexibility index (Phi) is 6.94. The summed E-state index contributed by atoms with van der Waals surface area (Å²) >= 11 is 0. The van der Waals surface area contributed by atoms with Crippen molar-refractivity contribution in [1.82, 2.24) is 10.3 Å². The number of hydrogen-bond donors (Lipinski definition) is 4. The van der Waals surface area contributed by atoms with Gasteiger partial charge < -0.3 is 25.3 Å². The zero-order chi connectivity index (χ0) is 21.8. The molecule has 1 heterocycles. The number of ether oxygens (including phenoxy) is 1. The first-order chi connectivity index (χ1) is 13.7. The quantitative estimate of drug-likeness (QED) is 0.301. The average Bonchev–Trinajstić information content (AvgIpc) is 3.05.